The lowest BCUT2D eigenvalue weighted by Gasteiger charge is -2.25. The number of nitriles is 1. The number of carboxylic acid groups (broad SMARTS) is 1. The average Bonchev–Trinajstić information content (AvgIpc) is 2.38. The minimum absolute atomic E-state index is 0.213. The van der Waals surface area contributed by atoms with E-state index in [9.17, 15) is 14.7 Å². The molecule has 1 rings (SSSR count). The number of nitrogens with zero attached hydrogens (tertiary/aromatic N) is 1. The molecular formula is C14H16ClN3O3. The Balaban J connectivity index is 2.80. The molecule has 1 atom stereocenters. The summed E-state index contributed by atoms with van der Waals surface area (Å²) in [4.78, 5) is 23.1. The number of carbonyl (C=O) groups excluding carboxylic acids is 1. The number of benzene rings is 1. The van der Waals surface area contributed by atoms with Crippen LogP contribution in [0.2, 0.25) is 5.02 Å². The van der Waals surface area contributed by atoms with Gasteiger partial charge < -0.3 is 15.7 Å². The zero-order chi connectivity index (χ0) is 16.0. The molecule has 6 nitrogen and oxygen atoms in total. The molecule has 0 aromatic heterocycles. The van der Waals surface area contributed by atoms with Crippen LogP contribution in [0.25, 0.3) is 0 Å². The van der Waals surface area contributed by atoms with Gasteiger partial charge in [0, 0.05) is 5.69 Å². The molecule has 0 aliphatic carbocycles. The molecule has 7 heteroatoms. The van der Waals surface area contributed by atoms with Gasteiger partial charge >= 0.3 is 12.0 Å². The van der Waals surface area contributed by atoms with E-state index in [1.165, 1.54) is 25.1 Å². The first-order chi connectivity index (χ1) is 9.82. The predicted molar refractivity (Wildman–Crippen MR) is 79.3 cm³/mol. The summed E-state index contributed by atoms with van der Waals surface area (Å²) in [7, 11) is 0. The summed E-state index contributed by atoms with van der Waals surface area (Å²) in [6.07, 6.45) is 0.926. The third-order valence-electron chi connectivity index (χ3n) is 2.96. The van der Waals surface area contributed by atoms with Crippen molar-refractivity contribution in [1.29, 1.82) is 5.26 Å². The van der Waals surface area contributed by atoms with Crippen molar-refractivity contribution < 1.29 is 14.7 Å². The first-order valence-electron chi connectivity index (χ1n) is 6.34. The molecule has 3 N–H and O–H groups in total. The van der Waals surface area contributed by atoms with Gasteiger partial charge in [0.1, 0.15) is 11.6 Å². The van der Waals surface area contributed by atoms with E-state index in [0.717, 1.165) is 0 Å². The van der Waals surface area contributed by atoms with E-state index in [1.807, 2.05) is 13.0 Å². The number of rotatable bonds is 5. The third-order valence-corrected chi connectivity index (χ3v) is 3.27. The van der Waals surface area contributed by atoms with Crippen LogP contribution < -0.4 is 10.6 Å². The van der Waals surface area contributed by atoms with E-state index >= 15 is 0 Å². The SMILES string of the molecule is CCCC(C)(NC(=O)Nc1ccc(C#N)c(Cl)c1)C(=O)O. The van der Waals surface area contributed by atoms with Gasteiger partial charge in [-0.1, -0.05) is 24.9 Å². The molecule has 0 fully saturated rings. The normalized spacial score (nSPS) is 12.9. The van der Waals surface area contributed by atoms with Gasteiger partial charge in [0.05, 0.1) is 10.6 Å². The Morgan fingerprint density at radius 3 is 2.62 bits per heavy atom. The molecule has 0 aliphatic rings. The minimum Gasteiger partial charge on any atom is -0.480 e. The van der Waals surface area contributed by atoms with Gasteiger partial charge in [0.2, 0.25) is 0 Å². The predicted octanol–water partition coefficient (Wildman–Crippen LogP) is 2.98. The number of amides is 2. The van der Waals surface area contributed by atoms with Crippen LogP contribution in [0.5, 0.6) is 0 Å². The lowest BCUT2D eigenvalue weighted by molar-refractivity contribution is -0.143. The highest BCUT2D eigenvalue weighted by Gasteiger charge is 2.33. The molecular weight excluding hydrogens is 294 g/mol. The number of carbonyl (C=O) groups is 2. The summed E-state index contributed by atoms with van der Waals surface area (Å²) < 4.78 is 0. The molecule has 0 aliphatic heterocycles. The molecule has 0 spiro atoms. The van der Waals surface area contributed by atoms with E-state index in [0.29, 0.717) is 24.1 Å². The topological polar surface area (TPSA) is 102 Å². The number of urea groups is 1. The molecule has 0 saturated carbocycles. The fourth-order valence-electron chi connectivity index (χ4n) is 1.82. The molecule has 1 unspecified atom stereocenters. The number of hydrogen-bond donors (Lipinski definition) is 3. The van der Waals surface area contributed by atoms with E-state index in [1.54, 1.807) is 0 Å². The second-order valence-electron chi connectivity index (χ2n) is 4.77. The lowest BCUT2D eigenvalue weighted by Crippen LogP contribution is -2.53. The first-order valence-corrected chi connectivity index (χ1v) is 6.72. The second-order valence-corrected chi connectivity index (χ2v) is 5.18. The Kier molecular flexibility index (Phi) is 5.56. The number of carboxylic acids is 1. The number of nitrogens with one attached hydrogen (secondary N) is 2. The van der Waals surface area contributed by atoms with E-state index in [-0.39, 0.29) is 5.02 Å². The summed E-state index contributed by atoms with van der Waals surface area (Å²) in [6, 6.07) is 5.68. The van der Waals surface area contributed by atoms with Crippen molar-refractivity contribution in [3.63, 3.8) is 0 Å². The summed E-state index contributed by atoms with van der Waals surface area (Å²) >= 11 is 5.86. The van der Waals surface area contributed by atoms with Gasteiger partial charge in [-0.3, -0.25) is 0 Å². The maximum absolute atomic E-state index is 11.9. The number of hydrogen-bond acceptors (Lipinski definition) is 3. The van der Waals surface area contributed by atoms with Crippen LogP contribution in [0, 0.1) is 11.3 Å². The Hall–Kier alpha value is -2.26. The minimum atomic E-state index is -1.34. The van der Waals surface area contributed by atoms with Gasteiger partial charge in [-0.25, -0.2) is 9.59 Å². The highest BCUT2D eigenvalue weighted by molar-refractivity contribution is 6.32. The third kappa shape index (κ3) is 4.36. The van der Waals surface area contributed by atoms with Gasteiger partial charge in [-0.2, -0.15) is 5.26 Å². The van der Waals surface area contributed by atoms with E-state index < -0.39 is 17.5 Å². The highest BCUT2D eigenvalue weighted by Crippen LogP contribution is 2.20. The van der Waals surface area contributed by atoms with Crippen LogP contribution >= 0.6 is 11.6 Å². The summed E-state index contributed by atoms with van der Waals surface area (Å²) in [5.41, 5.74) is -0.667. The van der Waals surface area contributed by atoms with Crippen molar-refractivity contribution in [3.05, 3.63) is 28.8 Å². The van der Waals surface area contributed by atoms with Crippen molar-refractivity contribution in [2.45, 2.75) is 32.2 Å². The smallest absolute Gasteiger partial charge is 0.329 e. The summed E-state index contributed by atoms with van der Waals surface area (Å²) in [5.74, 6) is -1.10. The molecule has 1 aromatic carbocycles. The molecule has 0 saturated heterocycles. The first kappa shape index (κ1) is 16.8. The van der Waals surface area contributed by atoms with Crippen molar-refractivity contribution >= 4 is 29.3 Å². The average molecular weight is 310 g/mol. The van der Waals surface area contributed by atoms with Gasteiger partial charge in [0.15, 0.2) is 0 Å². The largest absolute Gasteiger partial charge is 0.480 e. The molecule has 112 valence electrons. The Morgan fingerprint density at radius 1 is 1.48 bits per heavy atom. The summed E-state index contributed by atoms with van der Waals surface area (Å²) in [5, 5.41) is 23.1. The fourth-order valence-corrected chi connectivity index (χ4v) is 2.04. The monoisotopic (exact) mass is 309 g/mol. The van der Waals surface area contributed by atoms with Crippen LogP contribution in [-0.4, -0.2) is 22.6 Å². The zero-order valence-corrected chi connectivity index (χ0v) is 12.5. The number of halogens is 1. The lowest BCUT2D eigenvalue weighted by atomic mass is 9.97. The van der Waals surface area contributed by atoms with Crippen molar-refractivity contribution in [3.8, 4) is 6.07 Å². The van der Waals surface area contributed by atoms with Crippen LogP contribution in [-0.2, 0) is 4.79 Å². The van der Waals surface area contributed by atoms with Gasteiger partial charge in [-0.15, -0.1) is 0 Å². The van der Waals surface area contributed by atoms with E-state index in [2.05, 4.69) is 10.6 Å². The highest BCUT2D eigenvalue weighted by atomic mass is 35.5. The van der Waals surface area contributed by atoms with E-state index in [4.69, 9.17) is 16.9 Å². The van der Waals surface area contributed by atoms with Gasteiger partial charge in [0.25, 0.3) is 0 Å². The quantitative estimate of drug-likeness (QED) is 0.778. The van der Waals surface area contributed by atoms with Crippen LogP contribution in [0.1, 0.15) is 32.3 Å². The number of anilines is 1. The Bertz CT molecular complexity index is 598. The standard InChI is InChI=1S/C14H16ClN3O3/c1-3-6-14(2,12(19)20)18-13(21)17-10-5-4-9(8-16)11(15)7-10/h4-5,7H,3,6H2,1-2H3,(H,19,20)(H2,17,18,21). The summed E-state index contributed by atoms with van der Waals surface area (Å²) in [6.45, 7) is 3.28. The zero-order valence-electron chi connectivity index (χ0n) is 11.7. The molecule has 1 aromatic rings. The van der Waals surface area contributed by atoms with Crippen LogP contribution in [0.4, 0.5) is 10.5 Å². The van der Waals surface area contributed by atoms with Gasteiger partial charge in [-0.05, 0) is 31.5 Å². The fraction of sp³-hybridized carbons (Fsp3) is 0.357. The molecule has 0 bridgehead atoms. The molecule has 0 heterocycles. The molecule has 0 radical (unpaired) electrons. The maximum atomic E-state index is 11.9. The van der Waals surface area contributed by atoms with Crippen molar-refractivity contribution in [2.75, 3.05) is 5.32 Å². The van der Waals surface area contributed by atoms with Crippen LogP contribution in [0.15, 0.2) is 18.2 Å². The molecule has 2 amide bonds. The van der Waals surface area contributed by atoms with Crippen molar-refractivity contribution in [2.24, 2.45) is 0 Å². The molecule has 21 heavy (non-hydrogen) atoms. The Morgan fingerprint density at radius 2 is 2.14 bits per heavy atom. The Labute approximate surface area is 127 Å². The number of aliphatic carboxylic acids is 1. The second kappa shape index (κ2) is 6.95. The van der Waals surface area contributed by atoms with Crippen LogP contribution in [0.3, 0.4) is 0 Å². The van der Waals surface area contributed by atoms with Crippen molar-refractivity contribution in [1.82, 2.24) is 5.32 Å². The maximum Gasteiger partial charge on any atom is 0.329 e.